The molecule has 2 aromatic rings. The van der Waals surface area contributed by atoms with E-state index in [1.807, 2.05) is 11.4 Å². The fourth-order valence-electron chi connectivity index (χ4n) is 1.71. The Labute approximate surface area is 115 Å². The second kappa shape index (κ2) is 5.95. The van der Waals surface area contributed by atoms with E-state index >= 15 is 0 Å². The molecule has 5 heteroatoms. The molecule has 0 aliphatic carbocycles. The van der Waals surface area contributed by atoms with Crippen LogP contribution in [-0.2, 0) is 11.3 Å². The Bertz CT molecular complexity index is 565. The second-order valence-electron chi connectivity index (χ2n) is 4.06. The molecule has 0 fully saturated rings. The molecule has 0 aliphatic rings. The van der Waals surface area contributed by atoms with Crippen LogP contribution in [0.1, 0.15) is 20.8 Å². The van der Waals surface area contributed by atoms with Gasteiger partial charge in [-0.25, -0.2) is 9.45 Å². The zero-order valence-electron chi connectivity index (χ0n) is 10.7. The predicted molar refractivity (Wildman–Crippen MR) is 72.6 cm³/mol. The summed E-state index contributed by atoms with van der Waals surface area (Å²) in [6.45, 7) is 0. The smallest absolute Gasteiger partial charge is 0.274 e. The average molecular weight is 279 g/mol. The summed E-state index contributed by atoms with van der Waals surface area (Å²) in [6, 6.07) is 8.20. The van der Waals surface area contributed by atoms with Crippen LogP contribution in [0, 0.1) is 5.82 Å². The van der Waals surface area contributed by atoms with E-state index in [9.17, 15) is 9.18 Å². The van der Waals surface area contributed by atoms with Crippen molar-refractivity contribution in [2.75, 3.05) is 14.2 Å². The van der Waals surface area contributed by atoms with Crippen molar-refractivity contribution in [2.24, 2.45) is 0 Å². The van der Waals surface area contributed by atoms with Gasteiger partial charge in [-0.15, -0.1) is 11.3 Å². The number of halogens is 1. The van der Waals surface area contributed by atoms with Crippen molar-refractivity contribution in [3.8, 4) is 0 Å². The zero-order chi connectivity index (χ0) is 13.8. The molecule has 0 unspecified atom stereocenters. The number of hydroxylamine groups is 2. The SMILES string of the molecule is CON(C)C(=O)c1sccc1Cc1ccc(F)cc1. The molecule has 0 atom stereocenters. The van der Waals surface area contributed by atoms with E-state index in [4.69, 9.17) is 4.84 Å². The maximum absolute atomic E-state index is 12.8. The van der Waals surface area contributed by atoms with Crippen molar-refractivity contribution < 1.29 is 14.0 Å². The molecule has 100 valence electrons. The quantitative estimate of drug-likeness (QED) is 0.805. The minimum Gasteiger partial charge on any atom is -0.274 e. The summed E-state index contributed by atoms with van der Waals surface area (Å²) in [6.07, 6.45) is 0.600. The molecule has 0 saturated heterocycles. The highest BCUT2D eigenvalue weighted by molar-refractivity contribution is 7.12. The normalized spacial score (nSPS) is 10.5. The molecule has 3 nitrogen and oxygen atoms in total. The molecular formula is C14H14FNO2S. The number of carbonyl (C=O) groups is 1. The Morgan fingerprint density at radius 1 is 1.32 bits per heavy atom. The fourth-order valence-corrected chi connectivity index (χ4v) is 2.60. The summed E-state index contributed by atoms with van der Waals surface area (Å²) in [5.74, 6) is -0.431. The van der Waals surface area contributed by atoms with Crippen LogP contribution < -0.4 is 0 Å². The minimum atomic E-state index is -0.260. The van der Waals surface area contributed by atoms with Crippen LogP contribution in [-0.4, -0.2) is 25.1 Å². The lowest BCUT2D eigenvalue weighted by molar-refractivity contribution is -0.0754. The zero-order valence-corrected chi connectivity index (χ0v) is 11.5. The highest BCUT2D eigenvalue weighted by Gasteiger charge is 2.17. The number of rotatable bonds is 4. The van der Waals surface area contributed by atoms with Gasteiger partial charge in [0.25, 0.3) is 5.91 Å². The predicted octanol–water partition coefficient (Wildman–Crippen LogP) is 3.11. The first kappa shape index (κ1) is 13.7. The van der Waals surface area contributed by atoms with Gasteiger partial charge in [-0.05, 0) is 41.1 Å². The maximum atomic E-state index is 12.8. The molecule has 0 saturated carbocycles. The van der Waals surface area contributed by atoms with E-state index in [1.165, 1.54) is 35.6 Å². The van der Waals surface area contributed by atoms with E-state index in [-0.39, 0.29) is 11.7 Å². The third kappa shape index (κ3) is 3.19. The Hall–Kier alpha value is -1.72. The third-order valence-corrected chi connectivity index (χ3v) is 3.75. The van der Waals surface area contributed by atoms with Gasteiger partial charge in [0.2, 0.25) is 0 Å². The van der Waals surface area contributed by atoms with E-state index in [0.29, 0.717) is 11.3 Å². The number of thiophene rings is 1. The van der Waals surface area contributed by atoms with E-state index in [1.54, 1.807) is 19.2 Å². The van der Waals surface area contributed by atoms with Crippen molar-refractivity contribution in [3.05, 3.63) is 57.5 Å². The van der Waals surface area contributed by atoms with Crippen molar-refractivity contribution in [1.29, 1.82) is 0 Å². The summed E-state index contributed by atoms with van der Waals surface area (Å²) in [4.78, 5) is 17.6. The van der Waals surface area contributed by atoms with Crippen LogP contribution >= 0.6 is 11.3 Å². The molecule has 1 heterocycles. The number of hydrogen-bond donors (Lipinski definition) is 0. The lowest BCUT2D eigenvalue weighted by atomic mass is 10.1. The van der Waals surface area contributed by atoms with Gasteiger partial charge >= 0.3 is 0 Å². The van der Waals surface area contributed by atoms with Crippen molar-refractivity contribution in [2.45, 2.75) is 6.42 Å². The Kier molecular flexibility index (Phi) is 4.29. The van der Waals surface area contributed by atoms with Gasteiger partial charge in [0.05, 0.1) is 12.0 Å². The van der Waals surface area contributed by atoms with Gasteiger partial charge in [-0.1, -0.05) is 12.1 Å². The average Bonchev–Trinajstić information content (AvgIpc) is 2.87. The fraction of sp³-hybridized carbons (Fsp3) is 0.214. The molecule has 1 aromatic carbocycles. The summed E-state index contributed by atoms with van der Waals surface area (Å²) in [5, 5.41) is 3.07. The highest BCUT2D eigenvalue weighted by atomic mass is 32.1. The molecule has 0 spiro atoms. The molecule has 0 N–H and O–H groups in total. The number of hydrogen-bond acceptors (Lipinski definition) is 3. The van der Waals surface area contributed by atoms with Crippen LogP contribution in [0.2, 0.25) is 0 Å². The number of nitrogens with zero attached hydrogens (tertiary/aromatic N) is 1. The lowest BCUT2D eigenvalue weighted by Gasteiger charge is -2.13. The molecular weight excluding hydrogens is 265 g/mol. The largest absolute Gasteiger partial charge is 0.287 e. The second-order valence-corrected chi connectivity index (χ2v) is 4.98. The maximum Gasteiger partial charge on any atom is 0.287 e. The van der Waals surface area contributed by atoms with Gasteiger partial charge in [0.15, 0.2) is 0 Å². The van der Waals surface area contributed by atoms with Crippen LogP contribution in [0.4, 0.5) is 4.39 Å². The number of carbonyl (C=O) groups excluding carboxylic acids is 1. The first-order valence-corrected chi connectivity index (χ1v) is 6.62. The third-order valence-electron chi connectivity index (χ3n) is 2.81. The monoisotopic (exact) mass is 279 g/mol. The highest BCUT2D eigenvalue weighted by Crippen LogP contribution is 2.22. The molecule has 1 amide bonds. The Morgan fingerprint density at radius 2 is 2.00 bits per heavy atom. The molecule has 0 bridgehead atoms. The topological polar surface area (TPSA) is 29.5 Å². The summed E-state index contributed by atoms with van der Waals surface area (Å²) >= 11 is 1.38. The van der Waals surface area contributed by atoms with Crippen molar-refractivity contribution in [1.82, 2.24) is 5.06 Å². The van der Waals surface area contributed by atoms with E-state index in [0.717, 1.165) is 11.1 Å². The number of amides is 1. The standard InChI is InChI=1S/C14H14FNO2S/c1-16(18-2)14(17)13-11(7-8-19-13)9-10-3-5-12(15)6-4-10/h3-8H,9H2,1-2H3. The van der Waals surface area contributed by atoms with E-state index in [2.05, 4.69) is 0 Å². The van der Waals surface area contributed by atoms with E-state index < -0.39 is 0 Å². The molecule has 0 aliphatic heterocycles. The molecule has 2 rings (SSSR count). The molecule has 19 heavy (non-hydrogen) atoms. The van der Waals surface area contributed by atoms with Crippen LogP contribution in [0.15, 0.2) is 35.7 Å². The number of benzene rings is 1. The summed E-state index contributed by atoms with van der Waals surface area (Å²) in [7, 11) is 3.02. The van der Waals surface area contributed by atoms with Crippen molar-refractivity contribution in [3.63, 3.8) is 0 Å². The van der Waals surface area contributed by atoms with Crippen LogP contribution in [0.25, 0.3) is 0 Å². The van der Waals surface area contributed by atoms with Gasteiger partial charge in [0.1, 0.15) is 5.82 Å². The molecule has 0 radical (unpaired) electrons. The van der Waals surface area contributed by atoms with Crippen LogP contribution in [0.3, 0.4) is 0 Å². The Balaban J connectivity index is 2.20. The van der Waals surface area contributed by atoms with Gasteiger partial charge in [0, 0.05) is 7.05 Å². The Morgan fingerprint density at radius 3 is 2.63 bits per heavy atom. The molecule has 1 aromatic heterocycles. The summed E-state index contributed by atoms with van der Waals surface area (Å²) in [5.41, 5.74) is 1.89. The first-order chi connectivity index (χ1) is 9.11. The van der Waals surface area contributed by atoms with Crippen LogP contribution in [0.5, 0.6) is 0 Å². The first-order valence-electron chi connectivity index (χ1n) is 5.75. The van der Waals surface area contributed by atoms with Gasteiger partial charge < -0.3 is 0 Å². The van der Waals surface area contributed by atoms with Gasteiger partial charge in [-0.3, -0.25) is 9.63 Å². The minimum absolute atomic E-state index is 0.172. The summed E-state index contributed by atoms with van der Waals surface area (Å²) < 4.78 is 12.8. The lowest BCUT2D eigenvalue weighted by Crippen LogP contribution is -2.25. The van der Waals surface area contributed by atoms with Gasteiger partial charge in [-0.2, -0.15) is 0 Å². The van der Waals surface area contributed by atoms with Crippen molar-refractivity contribution >= 4 is 17.2 Å².